The Bertz CT molecular complexity index is 1100. The van der Waals surface area contributed by atoms with Gasteiger partial charge < -0.3 is 5.32 Å². The largest absolute Gasteiger partial charge is 0.316 e. The molecule has 2 N–H and O–H groups in total. The zero-order chi connectivity index (χ0) is 29.2. The fraction of sp³-hybridized carbons (Fsp3) is 0.622. The minimum Gasteiger partial charge on any atom is -0.316 e. The number of benzene rings is 1. The molecule has 0 radical (unpaired) electrons. The number of aromatic amines is 1. The molecule has 0 aliphatic heterocycles. The van der Waals surface area contributed by atoms with Crippen molar-refractivity contribution < 1.29 is 0 Å². The summed E-state index contributed by atoms with van der Waals surface area (Å²) >= 11 is 6.17. The fourth-order valence-corrected chi connectivity index (χ4v) is 6.81. The van der Waals surface area contributed by atoms with Crippen molar-refractivity contribution in [2.45, 2.75) is 128 Å². The average molecular weight is 591 g/mol. The monoisotopic (exact) mass is 590 g/mol. The molecule has 2 aromatic heterocycles. The molecule has 0 saturated heterocycles. The quantitative estimate of drug-likeness (QED) is 0.129. The second-order valence-electron chi connectivity index (χ2n) is 12.6. The number of hydrogen-bond donors (Lipinski definition) is 2. The normalized spacial score (nSPS) is 17.1. The molecule has 5 heteroatoms. The lowest BCUT2D eigenvalue weighted by atomic mass is 9.78. The highest BCUT2D eigenvalue weighted by molar-refractivity contribution is 6.30. The van der Waals surface area contributed by atoms with Crippen molar-refractivity contribution in [1.29, 1.82) is 0 Å². The number of aromatic nitrogens is 3. The molecule has 4 rings (SSSR count). The lowest BCUT2D eigenvalue weighted by Gasteiger charge is -2.29. The predicted octanol–water partition coefficient (Wildman–Crippen LogP) is 11.1. The van der Waals surface area contributed by atoms with Crippen molar-refractivity contribution >= 4 is 11.6 Å². The van der Waals surface area contributed by atoms with Crippen LogP contribution >= 0.6 is 11.6 Å². The van der Waals surface area contributed by atoms with Gasteiger partial charge in [0.2, 0.25) is 0 Å². The van der Waals surface area contributed by atoms with Crippen molar-refractivity contribution in [3.63, 3.8) is 0 Å². The lowest BCUT2D eigenvalue weighted by molar-refractivity contribution is 0.311. The van der Waals surface area contributed by atoms with Gasteiger partial charge >= 0.3 is 0 Å². The molecule has 0 unspecified atom stereocenters. The van der Waals surface area contributed by atoms with Crippen LogP contribution in [0.1, 0.15) is 134 Å². The first-order valence-electron chi connectivity index (χ1n) is 17.2. The van der Waals surface area contributed by atoms with Gasteiger partial charge in [0.25, 0.3) is 0 Å². The smallest absolute Gasteiger partial charge is 0.100 e. The van der Waals surface area contributed by atoms with E-state index in [1.54, 1.807) is 0 Å². The third-order valence-corrected chi connectivity index (χ3v) is 9.53. The first-order valence-corrected chi connectivity index (χ1v) is 17.6. The Morgan fingerprint density at radius 2 is 1.29 bits per heavy atom. The second kappa shape index (κ2) is 19.2. The van der Waals surface area contributed by atoms with Gasteiger partial charge in [0.1, 0.15) is 5.69 Å². The van der Waals surface area contributed by atoms with Crippen molar-refractivity contribution in [3.8, 4) is 22.4 Å². The van der Waals surface area contributed by atoms with Crippen LogP contribution in [0, 0.1) is 5.92 Å². The van der Waals surface area contributed by atoms with Crippen LogP contribution in [0.3, 0.4) is 0 Å². The summed E-state index contributed by atoms with van der Waals surface area (Å²) in [5.41, 5.74) is 5.77. The summed E-state index contributed by atoms with van der Waals surface area (Å²) in [5.74, 6) is 1.31. The van der Waals surface area contributed by atoms with Crippen molar-refractivity contribution in [3.05, 3.63) is 59.5 Å². The van der Waals surface area contributed by atoms with E-state index in [9.17, 15) is 0 Å². The van der Waals surface area contributed by atoms with Gasteiger partial charge in [0.15, 0.2) is 0 Å². The topological polar surface area (TPSA) is 53.6 Å². The molecule has 42 heavy (non-hydrogen) atoms. The molecule has 1 saturated carbocycles. The first-order chi connectivity index (χ1) is 20.8. The molecular formula is C37H55ClN4. The summed E-state index contributed by atoms with van der Waals surface area (Å²) in [4.78, 5) is 4.25. The Morgan fingerprint density at radius 1 is 0.714 bits per heavy atom. The van der Waals surface area contributed by atoms with Crippen LogP contribution in [0.15, 0.2) is 48.8 Å². The fourth-order valence-electron chi connectivity index (χ4n) is 6.68. The number of halogens is 1. The summed E-state index contributed by atoms with van der Waals surface area (Å²) in [6.07, 6.45) is 28.6. The van der Waals surface area contributed by atoms with E-state index < -0.39 is 0 Å². The maximum atomic E-state index is 6.17. The molecule has 2 heterocycles. The van der Waals surface area contributed by atoms with Gasteiger partial charge in [-0.3, -0.25) is 10.1 Å². The molecule has 0 amide bonds. The molecule has 1 aliphatic carbocycles. The highest BCUT2D eigenvalue weighted by atomic mass is 35.5. The van der Waals surface area contributed by atoms with Crippen LogP contribution in [0.4, 0.5) is 0 Å². The third kappa shape index (κ3) is 10.8. The zero-order valence-electron chi connectivity index (χ0n) is 26.2. The van der Waals surface area contributed by atoms with Crippen LogP contribution in [0.25, 0.3) is 22.4 Å². The molecule has 4 nitrogen and oxygen atoms in total. The summed E-state index contributed by atoms with van der Waals surface area (Å²) in [7, 11) is 0. The van der Waals surface area contributed by atoms with Crippen LogP contribution < -0.4 is 5.32 Å². The van der Waals surface area contributed by atoms with E-state index in [1.165, 1.54) is 145 Å². The van der Waals surface area contributed by atoms with Crippen LogP contribution in [0.5, 0.6) is 0 Å². The Morgan fingerprint density at radius 3 is 1.88 bits per heavy atom. The summed E-state index contributed by atoms with van der Waals surface area (Å²) < 4.78 is 0. The maximum Gasteiger partial charge on any atom is 0.100 e. The average Bonchev–Trinajstić information content (AvgIpc) is 3.47. The number of hydrogen-bond acceptors (Lipinski definition) is 3. The summed E-state index contributed by atoms with van der Waals surface area (Å²) in [5, 5.41) is 12.8. The van der Waals surface area contributed by atoms with Gasteiger partial charge in [0, 0.05) is 40.2 Å². The SMILES string of the molecule is CCCCCCCCCCCCCCCCNCC1CCC(c2[nH]nc(-c3ccc(Cl)cc3)c2-c2ccncc2)CC1. The summed E-state index contributed by atoms with van der Waals surface area (Å²) in [6, 6.07) is 12.2. The Kier molecular flexibility index (Phi) is 14.9. The van der Waals surface area contributed by atoms with Crippen LogP contribution in [0.2, 0.25) is 5.02 Å². The van der Waals surface area contributed by atoms with E-state index >= 15 is 0 Å². The van der Waals surface area contributed by atoms with Gasteiger partial charge in [-0.15, -0.1) is 0 Å². The third-order valence-electron chi connectivity index (χ3n) is 9.28. The van der Waals surface area contributed by atoms with E-state index in [2.05, 4.69) is 46.6 Å². The van der Waals surface area contributed by atoms with E-state index in [4.69, 9.17) is 16.7 Å². The van der Waals surface area contributed by atoms with Gasteiger partial charge in [0.05, 0.1) is 0 Å². The van der Waals surface area contributed by atoms with Gasteiger partial charge in [-0.2, -0.15) is 5.10 Å². The molecule has 0 bridgehead atoms. The van der Waals surface area contributed by atoms with E-state index in [1.807, 2.05) is 24.5 Å². The van der Waals surface area contributed by atoms with Gasteiger partial charge in [-0.1, -0.05) is 114 Å². The Hall–Kier alpha value is -2.17. The predicted molar refractivity (Wildman–Crippen MR) is 180 cm³/mol. The molecular weight excluding hydrogens is 536 g/mol. The second-order valence-corrected chi connectivity index (χ2v) is 13.1. The molecule has 0 atom stereocenters. The van der Waals surface area contributed by atoms with Crippen LogP contribution in [-0.2, 0) is 0 Å². The van der Waals surface area contributed by atoms with E-state index in [0.29, 0.717) is 5.92 Å². The molecule has 0 spiro atoms. The summed E-state index contributed by atoms with van der Waals surface area (Å²) in [6.45, 7) is 4.64. The van der Waals surface area contributed by atoms with Crippen LogP contribution in [-0.4, -0.2) is 28.3 Å². The van der Waals surface area contributed by atoms with Crippen molar-refractivity contribution in [1.82, 2.24) is 20.5 Å². The minimum absolute atomic E-state index is 0.517. The van der Waals surface area contributed by atoms with Crippen molar-refractivity contribution in [2.24, 2.45) is 5.92 Å². The standard InChI is InChI=1S/C37H55ClN4/c1-2-3-4-5-6-7-8-9-10-11-12-13-14-15-26-40-29-30-16-18-32(19-17-30)36-35(31-24-27-39-28-25-31)37(42-41-36)33-20-22-34(38)23-21-33/h20-25,27-28,30,32,40H,2-19,26,29H2,1H3,(H,41,42). The van der Waals surface area contributed by atoms with Gasteiger partial charge in [-0.25, -0.2) is 0 Å². The molecule has 1 fully saturated rings. The Labute approximate surface area is 260 Å². The van der Waals surface area contributed by atoms with Gasteiger partial charge in [-0.05, 0) is 80.9 Å². The number of unbranched alkanes of at least 4 members (excludes halogenated alkanes) is 13. The number of H-pyrrole nitrogens is 1. The van der Waals surface area contributed by atoms with Crippen molar-refractivity contribution in [2.75, 3.05) is 13.1 Å². The number of nitrogens with zero attached hydrogens (tertiary/aromatic N) is 2. The number of pyridine rings is 1. The number of nitrogens with one attached hydrogen (secondary N) is 2. The van der Waals surface area contributed by atoms with E-state index in [-0.39, 0.29) is 0 Å². The molecule has 1 aliphatic rings. The highest BCUT2D eigenvalue weighted by Crippen LogP contribution is 2.42. The van der Waals surface area contributed by atoms with E-state index in [0.717, 1.165) is 22.2 Å². The lowest BCUT2D eigenvalue weighted by Crippen LogP contribution is -2.27. The highest BCUT2D eigenvalue weighted by Gasteiger charge is 2.28. The Balaban J connectivity index is 1.10. The maximum absolute atomic E-state index is 6.17. The molecule has 3 aromatic rings. The minimum atomic E-state index is 0.517. The first kappa shape index (κ1) is 32.7. The molecule has 1 aromatic carbocycles. The molecule has 230 valence electrons. The zero-order valence-corrected chi connectivity index (χ0v) is 26.9. The number of rotatable bonds is 20.